The molecule has 0 aromatic heterocycles. The topological polar surface area (TPSA) is 29.1 Å². The second kappa shape index (κ2) is 5.29. The van der Waals surface area contributed by atoms with Gasteiger partial charge in [0.1, 0.15) is 5.82 Å². The molecule has 0 spiro atoms. The Kier molecular flexibility index (Phi) is 4.01. The highest BCUT2D eigenvalue weighted by atomic mass is 19.1. The van der Waals surface area contributed by atoms with Crippen molar-refractivity contribution in [2.45, 2.75) is 0 Å². The Balaban J connectivity index is 2.92. The SMILES string of the molecule is CNCC=Cc1cccc(C=O)c1F. The van der Waals surface area contributed by atoms with Crippen LogP contribution in [0.5, 0.6) is 0 Å². The van der Waals surface area contributed by atoms with E-state index in [1.807, 2.05) is 7.05 Å². The van der Waals surface area contributed by atoms with Gasteiger partial charge >= 0.3 is 0 Å². The van der Waals surface area contributed by atoms with E-state index in [2.05, 4.69) is 5.32 Å². The normalized spacial score (nSPS) is 10.7. The third kappa shape index (κ3) is 2.50. The Morgan fingerprint density at radius 3 is 2.79 bits per heavy atom. The number of rotatable bonds is 4. The predicted octanol–water partition coefficient (Wildman–Crippen LogP) is 1.87. The van der Waals surface area contributed by atoms with Crippen molar-refractivity contribution in [1.29, 1.82) is 0 Å². The minimum atomic E-state index is -0.463. The maximum atomic E-state index is 13.4. The molecule has 0 aliphatic heterocycles. The van der Waals surface area contributed by atoms with Crippen LogP contribution in [0.15, 0.2) is 24.3 Å². The number of benzene rings is 1. The van der Waals surface area contributed by atoms with E-state index >= 15 is 0 Å². The summed E-state index contributed by atoms with van der Waals surface area (Å²) in [5, 5.41) is 2.91. The summed E-state index contributed by atoms with van der Waals surface area (Å²) in [5.41, 5.74) is 0.529. The van der Waals surface area contributed by atoms with Gasteiger partial charge in [0.05, 0.1) is 5.56 Å². The molecule has 0 radical (unpaired) electrons. The van der Waals surface area contributed by atoms with E-state index in [9.17, 15) is 9.18 Å². The lowest BCUT2D eigenvalue weighted by Gasteiger charge is -1.98. The number of nitrogens with one attached hydrogen (secondary N) is 1. The molecule has 0 heterocycles. The summed E-state index contributed by atoms with van der Waals surface area (Å²) in [7, 11) is 1.81. The predicted molar refractivity (Wildman–Crippen MR) is 54.7 cm³/mol. The highest BCUT2D eigenvalue weighted by Crippen LogP contribution is 2.12. The van der Waals surface area contributed by atoms with Crippen molar-refractivity contribution in [2.24, 2.45) is 0 Å². The fraction of sp³-hybridized carbons (Fsp3) is 0.182. The molecule has 74 valence electrons. The second-order valence-electron chi connectivity index (χ2n) is 2.83. The van der Waals surface area contributed by atoms with E-state index in [0.29, 0.717) is 18.4 Å². The van der Waals surface area contributed by atoms with Gasteiger partial charge in [0.15, 0.2) is 6.29 Å². The van der Waals surface area contributed by atoms with Crippen LogP contribution in [0.1, 0.15) is 15.9 Å². The highest BCUT2D eigenvalue weighted by molar-refractivity contribution is 5.76. The molecule has 0 saturated carbocycles. The van der Waals surface area contributed by atoms with Crippen molar-refractivity contribution in [3.8, 4) is 0 Å². The van der Waals surface area contributed by atoms with Crippen LogP contribution in [-0.4, -0.2) is 19.9 Å². The molecule has 0 bridgehead atoms. The van der Waals surface area contributed by atoms with Gasteiger partial charge in [0.25, 0.3) is 0 Å². The van der Waals surface area contributed by atoms with E-state index in [4.69, 9.17) is 0 Å². The summed E-state index contributed by atoms with van der Waals surface area (Å²) in [6.07, 6.45) is 3.97. The van der Waals surface area contributed by atoms with Crippen molar-refractivity contribution < 1.29 is 9.18 Å². The van der Waals surface area contributed by atoms with Crippen LogP contribution in [-0.2, 0) is 0 Å². The monoisotopic (exact) mass is 193 g/mol. The van der Waals surface area contributed by atoms with E-state index < -0.39 is 5.82 Å². The Bertz CT molecular complexity index is 347. The van der Waals surface area contributed by atoms with Crippen LogP contribution in [0.25, 0.3) is 6.08 Å². The summed E-state index contributed by atoms with van der Waals surface area (Å²) in [6.45, 7) is 0.671. The number of likely N-dealkylation sites (N-methyl/N-ethyl adjacent to an activating group) is 1. The summed E-state index contributed by atoms with van der Waals surface area (Å²) < 4.78 is 13.4. The van der Waals surface area contributed by atoms with E-state index in [1.165, 1.54) is 6.07 Å². The van der Waals surface area contributed by atoms with E-state index in [0.717, 1.165) is 0 Å². The summed E-state index contributed by atoms with van der Waals surface area (Å²) in [5.74, 6) is -0.463. The molecule has 0 atom stereocenters. The first kappa shape index (κ1) is 10.6. The van der Waals surface area contributed by atoms with Crippen LogP contribution in [0, 0.1) is 5.82 Å². The number of aldehydes is 1. The molecule has 0 saturated heterocycles. The third-order valence-corrected chi connectivity index (χ3v) is 1.80. The summed E-state index contributed by atoms with van der Waals surface area (Å²) in [4.78, 5) is 10.4. The molecule has 0 amide bonds. The van der Waals surface area contributed by atoms with Crippen molar-refractivity contribution >= 4 is 12.4 Å². The van der Waals surface area contributed by atoms with Gasteiger partial charge in [-0.25, -0.2) is 4.39 Å². The molecule has 1 N–H and O–H groups in total. The summed E-state index contributed by atoms with van der Waals surface area (Å²) in [6, 6.07) is 4.75. The lowest BCUT2D eigenvalue weighted by molar-refractivity contribution is 0.112. The van der Waals surface area contributed by atoms with Crippen molar-refractivity contribution in [1.82, 2.24) is 5.32 Å². The molecule has 2 nitrogen and oxygen atoms in total. The Morgan fingerprint density at radius 2 is 2.14 bits per heavy atom. The number of halogens is 1. The number of carbonyl (C=O) groups is 1. The first-order valence-electron chi connectivity index (χ1n) is 4.34. The van der Waals surface area contributed by atoms with Crippen LogP contribution in [0.2, 0.25) is 0 Å². The second-order valence-corrected chi connectivity index (χ2v) is 2.83. The number of carbonyl (C=O) groups excluding carboxylic acids is 1. The largest absolute Gasteiger partial charge is 0.316 e. The molecule has 1 aromatic carbocycles. The maximum absolute atomic E-state index is 13.4. The fourth-order valence-corrected chi connectivity index (χ4v) is 1.09. The molecule has 0 aliphatic carbocycles. The Hall–Kier alpha value is -1.48. The van der Waals surface area contributed by atoms with E-state index in [-0.39, 0.29) is 5.56 Å². The zero-order chi connectivity index (χ0) is 10.4. The minimum Gasteiger partial charge on any atom is -0.316 e. The highest BCUT2D eigenvalue weighted by Gasteiger charge is 2.03. The molecule has 0 aliphatic rings. The van der Waals surface area contributed by atoms with Crippen LogP contribution in [0.3, 0.4) is 0 Å². The molecule has 1 aromatic rings. The van der Waals surface area contributed by atoms with Gasteiger partial charge in [-0.05, 0) is 13.1 Å². The first-order chi connectivity index (χ1) is 6.79. The Morgan fingerprint density at radius 1 is 1.43 bits per heavy atom. The third-order valence-electron chi connectivity index (χ3n) is 1.80. The fourth-order valence-electron chi connectivity index (χ4n) is 1.09. The molecule has 1 rings (SSSR count). The zero-order valence-corrected chi connectivity index (χ0v) is 7.96. The molecule has 14 heavy (non-hydrogen) atoms. The molecule has 0 fully saturated rings. The molecular weight excluding hydrogens is 181 g/mol. The van der Waals surface area contributed by atoms with Gasteiger partial charge < -0.3 is 5.32 Å². The van der Waals surface area contributed by atoms with Gasteiger partial charge in [-0.2, -0.15) is 0 Å². The first-order valence-corrected chi connectivity index (χ1v) is 4.34. The van der Waals surface area contributed by atoms with Gasteiger partial charge in [0.2, 0.25) is 0 Å². The van der Waals surface area contributed by atoms with Crippen molar-refractivity contribution in [2.75, 3.05) is 13.6 Å². The number of hydrogen-bond donors (Lipinski definition) is 1. The van der Waals surface area contributed by atoms with Crippen LogP contribution in [0.4, 0.5) is 4.39 Å². The van der Waals surface area contributed by atoms with E-state index in [1.54, 1.807) is 24.3 Å². The average molecular weight is 193 g/mol. The average Bonchev–Trinajstić information content (AvgIpc) is 2.21. The van der Waals surface area contributed by atoms with Crippen LogP contribution >= 0.6 is 0 Å². The van der Waals surface area contributed by atoms with Gasteiger partial charge in [0, 0.05) is 12.1 Å². The minimum absolute atomic E-state index is 0.0941. The smallest absolute Gasteiger partial charge is 0.153 e. The molecule has 0 unspecified atom stereocenters. The lowest BCUT2D eigenvalue weighted by Crippen LogP contribution is -2.03. The molecule has 3 heteroatoms. The van der Waals surface area contributed by atoms with Crippen molar-refractivity contribution in [3.63, 3.8) is 0 Å². The molecular formula is C11H12FNO. The maximum Gasteiger partial charge on any atom is 0.153 e. The standard InChI is InChI=1S/C11H12FNO/c1-13-7-3-6-9-4-2-5-10(8-14)11(9)12/h2-6,8,13H,7H2,1H3. The summed E-state index contributed by atoms with van der Waals surface area (Å²) >= 11 is 0. The number of hydrogen-bond acceptors (Lipinski definition) is 2. The lowest BCUT2D eigenvalue weighted by atomic mass is 10.1. The quantitative estimate of drug-likeness (QED) is 0.739. The van der Waals surface area contributed by atoms with Crippen molar-refractivity contribution in [3.05, 3.63) is 41.2 Å². The Labute approximate surface area is 82.4 Å². The van der Waals surface area contributed by atoms with Gasteiger partial charge in [-0.3, -0.25) is 4.79 Å². The van der Waals surface area contributed by atoms with Crippen LogP contribution < -0.4 is 5.32 Å². The van der Waals surface area contributed by atoms with Gasteiger partial charge in [-0.1, -0.05) is 24.3 Å². The van der Waals surface area contributed by atoms with Gasteiger partial charge in [-0.15, -0.1) is 0 Å². The zero-order valence-electron chi connectivity index (χ0n) is 7.96.